The Hall–Kier alpha value is -4.19. The maximum absolute atomic E-state index is 13.3. The third-order valence-electron chi connectivity index (χ3n) is 4.62. The quantitative estimate of drug-likeness (QED) is 0.431. The summed E-state index contributed by atoms with van der Waals surface area (Å²) in [7, 11) is 0. The molecule has 0 amide bonds. The van der Waals surface area contributed by atoms with Crippen LogP contribution in [-0.4, -0.2) is 15.6 Å². The molecule has 1 N–H and O–H groups in total. The number of rotatable bonds is 4. The zero-order valence-electron chi connectivity index (χ0n) is 15.2. The Labute approximate surface area is 166 Å². The number of benzene rings is 2. The van der Waals surface area contributed by atoms with Crippen LogP contribution >= 0.6 is 0 Å². The van der Waals surface area contributed by atoms with E-state index in [0.29, 0.717) is 27.2 Å². The zero-order valence-corrected chi connectivity index (χ0v) is 15.2. The van der Waals surface area contributed by atoms with Crippen LogP contribution in [0.4, 0.5) is 0 Å². The molecular formula is C23H16N2O4. The van der Waals surface area contributed by atoms with Gasteiger partial charge in [-0.15, -0.1) is 0 Å². The number of hydrogen-bond donors (Lipinski definition) is 1. The molecule has 2 aromatic heterocycles. The number of nitrogens with zero attached hydrogens (tertiary/aromatic N) is 2. The highest BCUT2D eigenvalue weighted by atomic mass is 16.5. The molecule has 0 atom stereocenters. The van der Waals surface area contributed by atoms with Gasteiger partial charge in [-0.05, 0) is 30.3 Å². The average Bonchev–Trinajstić information content (AvgIpc) is 2.75. The smallest absolute Gasteiger partial charge is 0.336 e. The Morgan fingerprint density at radius 2 is 1.59 bits per heavy atom. The number of pyridine rings is 2. The molecule has 2 aromatic carbocycles. The molecule has 0 spiro atoms. The monoisotopic (exact) mass is 384 g/mol. The van der Waals surface area contributed by atoms with Crippen molar-refractivity contribution in [2.24, 2.45) is 0 Å². The molecule has 0 unspecified atom stereocenters. The van der Waals surface area contributed by atoms with E-state index in [1.165, 1.54) is 16.8 Å². The second-order valence-electron chi connectivity index (χ2n) is 6.42. The van der Waals surface area contributed by atoms with Crippen molar-refractivity contribution in [2.45, 2.75) is 0 Å². The van der Waals surface area contributed by atoms with Crippen LogP contribution in [0, 0.1) is 5.21 Å². The fourth-order valence-electron chi connectivity index (χ4n) is 3.25. The van der Waals surface area contributed by atoms with Crippen LogP contribution in [0.1, 0.15) is 10.4 Å². The Kier molecular flexibility index (Phi) is 4.66. The normalized spacial score (nSPS) is 10.6. The second kappa shape index (κ2) is 7.44. The molecule has 0 aliphatic rings. The van der Waals surface area contributed by atoms with E-state index in [2.05, 4.69) is 0 Å². The van der Waals surface area contributed by atoms with Crippen LogP contribution < -0.4 is 10.3 Å². The van der Waals surface area contributed by atoms with Gasteiger partial charge in [0.1, 0.15) is 0 Å². The Bertz CT molecular complexity index is 1260. The first-order valence-corrected chi connectivity index (χ1v) is 8.89. The molecule has 0 bridgehead atoms. The summed E-state index contributed by atoms with van der Waals surface area (Å²) in [5.41, 5.74) is 1.61. The van der Waals surface area contributed by atoms with Gasteiger partial charge in [0.25, 0.3) is 5.56 Å². The minimum absolute atomic E-state index is 0.0180. The Morgan fingerprint density at radius 3 is 2.31 bits per heavy atom. The fourth-order valence-corrected chi connectivity index (χ4v) is 3.25. The number of carboxylic acids is 1. The average molecular weight is 384 g/mol. The molecule has 0 aliphatic heterocycles. The van der Waals surface area contributed by atoms with Crippen LogP contribution in [-0.2, 0) is 0 Å². The Morgan fingerprint density at radius 1 is 0.897 bits per heavy atom. The molecule has 29 heavy (non-hydrogen) atoms. The first-order valence-electron chi connectivity index (χ1n) is 8.89. The number of para-hydroxylation sites is 1. The number of aromatic nitrogens is 2. The minimum atomic E-state index is -1.13. The summed E-state index contributed by atoms with van der Waals surface area (Å²) in [6.45, 7) is 0. The van der Waals surface area contributed by atoms with Gasteiger partial charge in [-0.25, -0.2) is 4.79 Å². The van der Waals surface area contributed by atoms with Gasteiger partial charge in [0.15, 0.2) is 6.20 Å². The molecule has 0 saturated carbocycles. The van der Waals surface area contributed by atoms with Crippen LogP contribution in [0.25, 0.3) is 28.1 Å². The van der Waals surface area contributed by atoms with E-state index < -0.39 is 5.97 Å². The molecule has 0 fully saturated rings. The lowest BCUT2D eigenvalue weighted by molar-refractivity contribution is -0.593. The molecule has 0 radical (unpaired) electrons. The van der Waals surface area contributed by atoms with Crippen molar-refractivity contribution in [3.8, 4) is 28.1 Å². The summed E-state index contributed by atoms with van der Waals surface area (Å²) in [4.78, 5) is 25.0. The molecule has 6 heteroatoms. The van der Waals surface area contributed by atoms with Crippen molar-refractivity contribution in [2.75, 3.05) is 0 Å². The van der Waals surface area contributed by atoms with Crippen molar-refractivity contribution in [1.82, 2.24) is 4.57 Å². The highest BCUT2D eigenvalue weighted by Crippen LogP contribution is 2.26. The molecule has 142 valence electrons. The molecule has 4 aromatic rings. The summed E-state index contributed by atoms with van der Waals surface area (Å²) >= 11 is 0. The van der Waals surface area contributed by atoms with Gasteiger partial charge >= 0.3 is 5.97 Å². The Balaban J connectivity index is 2.07. The summed E-state index contributed by atoms with van der Waals surface area (Å²) in [5.74, 6) is -1.13. The van der Waals surface area contributed by atoms with Gasteiger partial charge in [0, 0.05) is 35.1 Å². The van der Waals surface area contributed by atoms with Gasteiger partial charge in [-0.2, -0.15) is 4.73 Å². The van der Waals surface area contributed by atoms with E-state index in [1.54, 1.807) is 72.9 Å². The van der Waals surface area contributed by atoms with Crippen molar-refractivity contribution in [3.63, 3.8) is 0 Å². The summed E-state index contributed by atoms with van der Waals surface area (Å²) in [6.07, 6.45) is 2.96. The van der Waals surface area contributed by atoms with Crippen LogP contribution in [0.3, 0.4) is 0 Å². The maximum atomic E-state index is 13.3. The topological polar surface area (TPSA) is 86.2 Å². The van der Waals surface area contributed by atoms with Crippen molar-refractivity contribution >= 4 is 5.97 Å². The summed E-state index contributed by atoms with van der Waals surface area (Å²) in [6, 6.07) is 21.9. The molecule has 0 aliphatic carbocycles. The van der Waals surface area contributed by atoms with E-state index >= 15 is 0 Å². The third kappa shape index (κ3) is 3.39. The van der Waals surface area contributed by atoms with Gasteiger partial charge < -0.3 is 10.3 Å². The number of carbonyl (C=O) groups is 1. The molecular weight excluding hydrogens is 368 g/mol. The zero-order chi connectivity index (χ0) is 20.4. The van der Waals surface area contributed by atoms with Crippen LogP contribution in [0.15, 0.2) is 96.1 Å². The molecule has 2 heterocycles. The largest absolute Gasteiger partial charge is 0.618 e. The fraction of sp³-hybridized carbons (Fsp3) is 0. The van der Waals surface area contributed by atoms with E-state index in [4.69, 9.17) is 0 Å². The van der Waals surface area contributed by atoms with Crippen molar-refractivity contribution in [3.05, 3.63) is 112 Å². The van der Waals surface area contributed by atoms with Crippen molar-refractivity contribution in [1.29, 1.82) is 0 Å². The van der Waals surface area contributed by atoms with Crippen molar-refractivity contribution < 1.29 is 14.6 Å². The third-order valence-corrected chi connectivity index (χ3v) is 4.62. The van der Waals surface area contributed by atoms with Crippen LogP contribution in [0.5, 0.6) is 0 Å². The standard InChI is InChI=1S/C23H16N2O4/c26-22-20(18-10-4-5-11-19(18)23(27)28)14-16(21-12-6-7-13-25(21)29)15-24(22)17-8-2-1-3-9-17/h1-15H,(H,27,28). The minimum Gasteiger partial charge on any atom is -0.618 e. The predicted octanol–water partition coefficient (Wildman–Crippen LogP) is 3.50. The highest BCUT2D eigenvalue weighted by Gasteiger charge is 2.19. The SMILES string of the molecule is O=C(O)c1ccccc1-c1cc(-c2cccc[n+]2[O-])cn(-c2ccccc2)c1=O. The molecule has 4 rings (SSSR count). The highest BCUT2D eigenvalue weighted by molar-refractivity contribution is 5.96. The predicted molar refractivity (Wildman–Crippen MR) is 109 cm³/mol. The van der Waals surface area contributed by atoms with E-state index in [9.17, 15) is 19.9 Å². The maximum Gasteiger partial charge on any atom is 0.336 e. The first kappa shape index (κ1) is 18.2. The summed E-state index contributed by atoms with van der Waals surface area (Å²) < 4.78 is 2.14. The number of aromatic carboxylic acids is 1. The number of hydrogen-bond acceptors (Lipinski definition) is 3. The van der Waals surface area contributed by atoms with Gasteiger partial charge in [0.2, 0.25) is 5.69 Å². The first-order chi connectivity index (χ1) is 14.1. The van der Waals surface area contributed by atoms with Gasteiger partial charge in [-0.1, -0.05) is 36.4 Å². The lowest BCUT2D eigenvalue weighted by atomic mass is 9.98. The second-order valence-corrected chi connectivity index (χ2v) is 6.42. The lowest BCUT2D eigenvalue weighted by Crippen LogP contribution is -2.29. The molecule has 6 nitrogen and oxygen atoms in total. The van der Waals surface area contributed by atoms with Crippen LogP contribution in [0.2, 0.25) is 0 Å². The number of carboxylic acid groups (broad SMARTS) is 1. The van der Waals surface area contributed by atoms with Gasteiger partial charge in [0.05, 0.1) is 11.1 Å². The van der Waals surface area contributed by atoms with E-state index in [1.807, 2.05) is 6.07 Å². The summed E-state index contributed by atoms with van der Waals surface area (Å²) in [5, 5.41) is 21.9. The van der Waals surface area contributed by atoms with Gasteiger partial charge in [-0.3, -0.25) is 9.36 Å². The lowest BCUT2D eigenvalue weighted by Gasteiger charge is -2.13. The van der Waals surface area contributed by atoms with E-state index in [-0.39, 0.29) is 16.7 Å². The molecule has 0 saturated heterocycles. The van der Waals surface area contributed by atoms with E-state index in [0.717, 1.165) is 0 Å².